The quantitative estimate of drug-likeness (QED) is 0.604. The number of carbonyl (C=O) groups excluding carboxylic acids is 1. The predicted octanol–water partition coefficient (Wildman–Crippen LogP) is 1.58. The van der Waals surface area contributed by atoms with Crippen LogP contribution in [0.15, 0.2) is 12.1 Å². The lowest BCUT2D eigenvalue weighted by atomic mass is 10.1. The molecule has 0 radical (unpaired) electrons. The van der Waals surface area contributed by atoms with Gasteiger partial charge in [0, 0.05) is 16.2 Å². The van der Waals surface area contributed by atoms with Crippen LogP contribution in [0.3, 0.4) is 0 Å². The maximum Gasteiger partial charge on any atom is 0.236 e. The second-order valence-corrected chi connectivity index (χ2v) is 5.98. The SMILES string of the molecule is COc1cc(C=O)c(CS(=O)(=O)Cl)cc1OC. The second-order valence-electron chi connectivity index (χ2n) is 3.21. The Morgan fingerprint density at radius 3 is 2.18 bits per heavy atom. The molecule has 0 aliphatic carbocycles. The summed E-state index contributed by atoms with van der Waals surface area (Å²) in [5.74, 6) is 0.252. The van der Waals surface area contributed by atoms with E-state index in [1.807, 2.05) is 0 Å². The van der Waals surface area contributed by atoms with Gasteiger partial charge in [-0.15, -0.1) is 0 Å². The van der Waals surface area contributed by atoms with Gasteiger partial charge >= 0.3 is 0 Å². The first-order valence-electron chi connectivity index (χ1n) is 4.53. The monoisotopic (exact) mass is 278 g/mol. The molecule has 0 N–H and O–H groups in total. The first-order valence-corrected chi connectivity index (χ1v) is 7.01. The van der Waals surface area contributed by atoms with Crippen LogP contribution < -0.4 is 9.47 Å². The van der Waals surface area contributed by atoms with Crippen molar-refractivity contribution in [1.82, 2.24) is 0 Å². The molecule has 0 aliphatic heterocycles. The van der Waals surface area contributed by atoms with Crippen molar-refractivity contribution in [2.45, 2.75) is 5.75 Å². The molecule has 0 aliphatic rings. The number of rotatable bonds is 5. The van der Waals surface area contributed by atoms with Gasteiger partial charge in [-0.05, 0) is 17.7 Å². The summed E-state index contributed by atoms with van der Waals surface area (Å²) >= 11 is 0. The van der Waals surface area contributed by atoms with E-state index in [4.69, 9.17) is 20.2 Å². The molecule has 0 unspecified atom stereocenters. The highest BCUT2D eigenvalue weighted by atomic mass is 35.7. The largest absolute Gasteiger partial charge is 0.493 e. The highest BCUT2D eigenvalue weighted by molar-refractivity contribution is 8.13. The van der Waals surface area contributed by atoms with Gasteiger partial charge in [0.1, 0.15) is 0 Å². The van der Waals surface area contributed by atoms with Crippen LogP contribution in [-0.4, -0.2) is 28.9 Å². The molecule has 0 atom stereocenters. The van der Waals surface area contributed by atoms with Crippen LogP contribution in [0.4, 0.5) is 0 Å². The lowest BCUT2D eigenvalue weighted by Crippen LogP contribution is -2.02. The van der Waals surface area contributed by atoms with Crippen LogP contribution in [0.2, 0.25) is 0 Å². The molecule has 7 heteroatoms. The molecule has 0 fully saturated rings. The normalized spacial score (nSPS) is 11.0. The summed E-state index contributed by atoms with van der Waals surface area (Å²) < 4.78 is 32.0. The fraction of sp³-hybridized carbons (Fsp3) is 0.300. The summed E-state index contributed by atoms with van der Waals surface area (Å²) in [6, 6.07) is 2.83. The van der Waals surface area contributed by atoms with Crippen molar-refractivity contribution in [2.24, 2.45) is 0 Å². The van der Waals surface area contributed by atoms with Crippen molar-refractivity contribution in [3.8, 4) is 11.5 Å². The highest BCUT2D eigenvalue weighted by Gasteiger charge is 2.15. The maximum absolute atomic E-state index is 11.0. The van der Waals surface area contributed by atoms with E-state index in [9.17, 15) is 13.2 Å². The molecular weight excluding hydrogens is 268 g/mol. The fourth-order valence-electron chi connectivity index (χ4n) is 1.36. The number of hydrogen-bond acceptors (Lipinski definition) is 5. The van der Waals surface area contributed by atoms with Gasteiger partial charge in [-0.2, -0.15) is 0 Å². The fourth-order valence-corrected chi connectivity index (χ4v) is 2.33. The van der Waals surface area contributed by atoms with Gasteiger partial charge in [-0.1, -0.05) is 0 Å². The Labute approximate surface area is 104 Å². The molecule has 0 aromatic heterocycles. The number of halogens is 1. The molecule has 1 rings (SSSR count). The molecule has 0 saturated carbocycles. The van der Waals surface area contributed by atoms with E-state index in [1.54, 1.807) is 0 Å². The summed E-state index contributed by atoms with van der Waals surface area (Å²) in [4.78, 5) is 10.8. The van der Waals surface area contributed by atoms with Crippen molar-refractivity contribution in [3.05, 3.63) is 23.3 Å². The molecule has 0 spiro atoms. The van der Waals surface area contributed by atoms with Gasteiger partial charge in [0.15, 0.2) is 17.8 Å². The Kier molecular flexibility index (Phi) is 4.36. The Morgan fingerprint density at radius 2 is 1.76 bits per heavy atom. The molecule has 0 bridgehead atoms. The van der Waals surface area contributed by atoms with Crippen LogP contribution in [0.25, 0.3) is 0 Å². The van der Waals surface area contributed by atoms with E-state index in [2.05, 4.69) is 0 Å². The first kappa shape index (κ1) is 13.8. The Morgan fingerprint density at radius 1 is 1.24 bits per heavy atom. The molecule has 17 heavy (non-hydrogen) atoms. The van der Waals surface area contributed by atoms with E-state index < -0.39 is 14.8 Å². The van der Waals surface area contributed by atoms with Gasteiger partial charge in [0.25, 0.3) is 0 Å². The maximum atomic E-state index is 11.0. The summed E-state index contributed by atoms with van der Waals surface area (Å²) in [6.45, 7) is 0. The van der Waals surface area contributed by atoms with Gasteiger partial charge in [-0.3, -0.25) is 4.79 Å². The highest BCUT2D eigenvalue weighted by Crippen LogP contribution is 2.31. The zero-order valence-corrected chi connectivity index (χ0v) is 10.8. The first-order chi connectivity index (χ1) is 7.91. The summed E-state index contributed by atoms with van der Waals surface area (Å²) in [7, 11) is 4.25. The molecule has 0 amide bonds. The number of ether oxygens (including phenoxy) is 2. The van der Waals surface area contributed by atoms with Gasteiger partial charge in [-0.25, -0.2) is 8.42 Å². The standard InChI is InChI=1S/C10H11ClO5S/c1-15-9-3-7(5-12)8(4-10(9)16-2)6-17(11,13)14/h3-5H,6H2,1-2H3. The number of aldehydes is 1. The van der Waals surface area contributed by atoms with Gasteiger partial charge in [0.2, 0.25) is 9.05 Å². The minimum atomic E-state index is -3.74. The number of benzene rings is 1. The summed E-state index contributed by atoms with van der Waals surface area (Å²) in [5.41, 5.74) is 0.472. The third-order valence-electron chi connectivity index (χ3n) is 2.10. The van der Waals surface area contributed by atoms with Crippen molar-refractivity contribution in [3.63, 3.8) is 0 Å². The predicted molar refractivity (Wildman–Crippen MR) is 63.4 cm³/mol. The minimum absolute atomic E-state index is 0.201. The van der Waals surface area contributed by atoms with Crippen molar-refractivity contribution in [2.75, 3.05) is 14.2 Å². The number of carbonyl (C=O) groups is 1. The van der Waals surface area contributed by atoms with Crippen LogP contribution >= 0.6 is 10.7 Å². The molecule has 1 aromatic rings. The number of hydrogen-bond donors (Lipinski definition) is 0. The van der Waals surface area contributed by atoms with Gasteiger partial charge < -0.3 is 9.47 Å². The second kappa shape index (κ2) is 5.37. The number of methoxy groups -OCH3 is 2. The van der Waals surface area contributed by atoms with Crippen LogP contribution in [-0.2, 0) is 14.8 Å². The third kappa shape index (κ3) is 3.61. The van der Waals surface area contributed by atoms with Crippen molar-refractivity contribution < 1.29 is 22.7 Å². The minimum Gasteiger partial charge on any atom is -0.493 e. The van der Waals surface area contributed by atoms with Crippen molar-refractivity contribution in [1.29, 1.82) is 0 Å². The Hall–Kier alpha value is -1.27. The molecule has 0 heterocycles. The Bertz CT molecular complexity index is 524. The average Bonchev–Trinajstić information content (AvgIpc) is 2.26. The lowest BCUT2D eigenvalue weighted by molar-refractivity contribution is 0.112. The van der Waals surface area contributed by atoms with E-state index in [1.165, 1.54) is 26.4 Å². The molecule has 1 aromatic carbocycles. The van der Waals surface area contributed by atoms with Crippen LogP contribution in [0.1, 0.15) is 15.9 Å². The summed E-state index contributed by atoms with van der Waals surface area (Å²) in [6.07, 6.45) is 0.541. The lowest BCUT2D eigenvalue weighted by Gasteiger charge is -2.11. The molecule has 0 saturated heterocycles. The van der Waals surface area contributed by atoms with Crippen molar-refractivity contribution >= 4 is 26.0 Å². The molecule has 5 nitrogen and oxygen atoms in total. The average molecular weight is 279 g/mol. The topological polar surface area (TPSA) is 69.7 Å². The third-order valence-corrected chi connectivity index (χ3v) is 3.08. The Balaban J connectivity index is 3.33. The van der Waals surface area contributed by atoms with Gasteiger partial charge in [0.05, 0.1) is 20.0 Å². The van der Waals surface area contributed by atoms with E-state index in [0.717, 1.165) is 0 Å². The van der Waals surface area contributed by atoms with Crippen LogP contribution in [0, 0.1) is 0 Å². The van der Waals surface area contributed by atoms with E-state index in [0.29, 0.717) is 17.8 Å². The molecule has 94 valence electrons. The van der Waals surface area contributed by atoms with E-state index >= 15 is 0 Å². The zero-order valence-electron chi connectivity index (χ0n) is 9.27. The zero-order chi connectivity index (χ0) is 13.1. The van der Waals surface area contributed by atoms with E-state index in [-0.39, 0.29) is 11.1 Å². The van der Waals surface area contributed by atoms with Crippen LogP contribution in [0.5, 0.6) is 11.5 Å². The smallest absolute Gasteiger partial charge is 0.236 e. The summed E-state index contributed by atoms with van der Waals surface area (Å²) in [5, 5.41) is 0. The molecular formula is C10H11ClO5S.